The smallest absolute Gasteiger partial charge is 0.244 e. The molecule has 0 aromatic heterocycles. The van der Waals surface area contributed by atoms with E-state index in [-0.39, 0.29) is 24.9 Å². The fourth-order valence-corrected chi connectivity index (χ4v) is 5.28. The van der Waals surface area contributed by atoms with Gasteiger partial charge in [0.1, 0.15) is 18.3 Å². The monoisotopic (exact) mass is 585 g/mol. The molecule has 0 saturated carbocycles. The number of benzene rings is 3. The maximum absolute atomic E-state index is 14.1. The zero-order valence-corrected chi connectivity index (χ0v) is 24.8. The minimum Gasteiger partial charge on any atom is -0.494 e. The Hall–Kier alpha value is -3.56. The molecule has 40 heavy (non-hydrogen) atoms. The van der Waals surface area contributed by atoms with E-state index in [0.717, 1.165) is 16.1 Å². The highest BCUT2D eigenvalue weighted by Crippen LogP contribution is 2.24. The quantitative estimate of drug-likeness (QED) is 0.314. The van der Waals surface area contributed by atoms with Gasteiger partial charge in [-0.15, -0.1) is 0 Å². The normalized spacial score (nSPS) is 12.1. The van der Waals surface area contributed by atoms with Crippen LogP contribution in [0.2, 0.25) is 5.02 Å². The Morgan fingerprint density at radius 3 is 2.15 bits per heavy atom. The lowest BCUT2D eigenvalue weighted by atomic mass is 10.0. The highest BCUT2D eigenvalue weighted by atomic mass is 35.5. The number of carbonyl (C=O) groups is 2. The Kier molecular flexibility index (Phi) is 11.0. The van der Waals surface area contributed by atoms with Crippen molar-refractivity contribution in [2.24, 2.45) is 0 Å². The second-order valence-electron chi connectivity index (χ2n) is 9.68. The van der Waals surface area contributed by atoms with Crippen molar-refractivity contribution in [1.82, 2.24) is 10.2 Å². The van der Waals surface area contributed by atoms with Crippen LogP contribution in [-0.4, -0.2) is 56.6 Å². The third-order valence-electron chi connectivity index (χ3n) is 6.12. The minimum atomic E-state index is -3.86. The topological polar surface area (TPSA) is 96.0 Å². The molecule has 214 valence electrons. The zero-order chi connectivity index (χ0) is 29.3. The number of ether oxygens (including phenoxy) is 1. The van der Waals surface area contributed by atoms with Gasteiger partial charge in [-0.3, -0.25) is 13.9 Å². The molecular formula is C30H36ClN3O5S. The Bertz CT molecular complexity index is 1380. The number of hydrogen-bond donors (Lipinski definition) is 1. The number of nitrogens with one attached hydrogen (secondary N) is 1. The number of sulfonamides is 1. The molecule has 0 unspecified atom stereocenters. The van der Waals surface area contributed by atoms with Gasteiger partial charge in [0.15, 0.2) is 0 Å². The Balaban J connectivity index is 2.04. The van der Waals surface area contributed by atoms with E-state index in [2.05, 4.69) is 5.32 Å². The van der Waals surface area contributed by atoms with Gasteiger partial charge in [-0.2, -0.15) is 0 Å². The van der Waals surface area contributed by atoms with Crippen LogP contribution in [0, 0.1) is 0 Å². The highest BCUT2D eigenvalue weighted by molar-refractivity contribution is 7.92. The fraction of sp³-hybridized carbons (Fsp3) is 0.333. The Morgan fingerprint density at radius 1 is 0.950 bits per heavy atom. The molecule has 0 radical (unpaired) electrons. The van der Waals surface area contributed by atoms with Gasteiger partial charge in [0.2, 0.25) is 21.8 Å². The summed E-state index contributed by atoms with van der Waals surface area (Å²) in [6.07, 6.45) is 1.28. The van der Waals surface area contributed by atoms with Crippen LogP contribution in [0.15, 0.2) is 78.9 Å². The molecule has 0 aliphatic rings. The second-order valence-corrected chi connectivity index (χ2v) is 12.0. The highest BCUT2D eigenvalue weighted by Gasteiger charge is 2.33. The lowest BCUT2D eigenvalue weighted by Crippen LogP contribution is -2.54. The van der Waals surface area contributed by atoms with Crippen molar-refractivity contribution >= 4 is 39.1 Å². The molecule has 3 aromatic carbocycles. The van der Waals surface area contributed by atoms with Crippen LogP contribution in [0.1, 0.15) is 31.9 Å². The van der Waals surface area contributed by atoms with Gasteiger partial charge in [-0.1, -0.05) is 60.1 Å². The first-order chi connectivity index (χ1) is 19.0. The van der Waals surface area contributed by atoms with Gasteiger partial charge in [0.25, 0.3) is 0 Å². The number of carbonyl (C=O) groups excluding carboxylic acids is 2. The molecule has 0 aliphatic carbocycles. The molecule has 0 aliphatic heterocycles. The zero-order valence-electron chi connectivity index (χ0n) is 23.2. The first-order valence-corrected chi connectivity index (χ1v) is 15.3. The first-order valence-electron chi connectivity index (χ1n) is 13.1. The summed E-state index contributed by atoms with van der Waals surface area (Å²) >= 11 is 6.46. The van der Waals surface area contributed by atoms with Crippen LogP contribution in [0.25, 0.3) is 0 Å². The summed E-state index contributed by atoms with van der Waals surface area (Å²) in [4.78, 5) is 29.0. The van der Waals surface area contributed by atoms with Gasteiger partial charge < -0.3 is 15.0 Å². The van der Waals surface area contributed by atoms with Crippen molar-refractivity contribution in [2.75, 3.05) is 23.7 Å². The summed E-state index contributed by atoms with van der Waals surface area (Å²) < 4.78 is 32.3. The van der Waals surface area contributed by atoms with Gasteiger partial charge in [0.05, 0.1) is 18.6 Å². The van der Waals surface area contributed by atoms with E-state index in [4.69, 9.17) is 16.3 Å². The predicted octanol–water partition coefficient (Wildman–Crippen LogP) is 4.67. The molecule has 3 aromatic rings. The predicted molar refractivity (Wildman–Crippen MR) is 159 cm³/mol. The third-order valence-corrected chi connectivity index (χ3v) is 7.62. The molecule has 1 N–H and O–H groups in total. The fourth-order valence-electron chi connectivity index (χ4n) is 4.23. The Morgan fingerprint density at radius 2 is 1.57 bits per heavy atom. The van der Waals surface area contributed by atoms with E-state index in [1.165, 1.54) is 4.90 Å². The Labute approximate surface area is 241 Å². The molecule has 1 atom stereocenters. The van der Waals surface area contributed by atoms with Crippen LogP contribution >= 0.6 is 11.6 Å². The van der Waals surface area contributed by atoms with Crippen molar-refractivity contribution in [3.63, 3.8) is 0 Å². The van der Waals surface area contributed by atoms with Crippen LogP contribution < -0.4 is 14.4 Å². The summed E-state index contributed by atoms with van der Waals surface area (Å²) in [5.41, 5.74) is 1.80. The number of anilines is 1. The number of rotatable bonds is 13. The van der Waals surface area contributed by atoms with Crippen LogP contribution in [0.5, 0.6) is 5.75 Å². The van der Waals surface area contributed by atoms with E-state index >= 15 is 0 Å². The van der Waals surface area contributed by atoms with Gasteiger partial charge in [-0.05, 0) is 62.2 Å². The van der Waals surface area contributed by atoms with Crippen LogP contribution in [0.4, 0.5) is 5.69 Å². The van der Waals surface area contributed by atoms with Gasteiger partial charge >= 0.3 is 0 Å². The van der Waals surface area contributed by atoms with Crippen LogP contribution in [-0.2, 0) is 32.6 Å². The van der Waals surface area contributed by atoms with Crippen LogP contribution in [0.3, 0.4) is 0 Å². The average molecular weight is 586 g/mol. The molecule has 2 amide bonds. The van der Waals surface area contributed by atoms with Gasteiger partial charge in [0, 0.05) is 24.0 Å². The second kappa shape index (κ2) is 14.2. The van der Waals surface area contributed by atoms with E-state index in [1.54, 1.807) is 48.5 Å². The number of hydrogen-bond acceptors (Lipinski definition) is 5. The SMILES string of the molecule is CCOc1ccc(N(CC(=O)N(Cc2ccccc2Cl)[C@@H](Cc2ccccc2)C(=O)NC(C)C)S(C)(=O)=O)cc1. The summed E-state index contributed by atoms with van der Waals surface area (Å²) in [5.74, 6) is -0.301. The molecule has 10 heteroatoms. The standard InChI is InChI=1S/C30H36ClN3O5S/c1-5-39-26-17-15-25(16-18-26)34(40(4,37)38)21-29(35)33(20-24-13-9-10-14-27(24)31)28(30(36)32-22(2)3)19-23-11-7-6-8-12-23/h6-18,22,28H,5,19-21H2,1-4H3,(H,32,36)/t28-/m0/s1. The maximum atomic E-state index is 14.1. The molecule has 0 bridgehead atoms. The van der Waals surface area contributed by atoms with Crippen molar-refractivity contribution in [3.05, 3.63) is 95.0 Å². The first kappa shape index (κ1) is 31.0. The van der Waals surface area contributed by atoms with Crippen molar-refractivity contribution in [3.8, 4) is 5.75 Å². The number of halogens is 1. The lowest BCUT2D eigenvalue weighted by Gasteiger charge is -2.34. The number of amides is 2. The molecule has 0 heterocycles. The van der Waals surface area contributed by atoms with Gasteiger partial charge in [-0.25, -0.2) is 8.42 Å². The summed E-state index contributed by atoms with van der Waals surface area (Å²) in [6, 6.07) is 21.8. The summed E-state index contributed by atoms with van der Waals surface area (Å²) in [5, 5.41) is 3.36. The van der Waals surface area contributed by atoms with Crippen molar-refractivity contribution < 1.29 is 22.7 Å². The molecule has 0 saturated heterocycles. The third kappa shape index (κ3) is 8.72. The summed E-state index contributed by atoms with van der Waals surface area (Å²) in [7, 11) is -3.86. The molecule has 0 fully saturated rings. The maximum Gasteiger partial charge on any atom is 0.244 e. The average Bonchev–Trinajstić information content (AvgIpc) is 2.90. The molecule has 8 nitrogen and oxygen atoms in total. The molecular weight excluding hydrogens is 550 g/mol. The van der Waals surface area contributed by atoms with E-state index in [1.807, 2.05) is 51.1 Å². The van der Waals surface area contributed by atoms with Crippen molar-refractivity contribution in [2.45, 2.75) is 45.8 Å². The molecule has 3 rings (SSSR count). The largest absolute Gasteiger partial charge is 0.494 e. The minimum absolute atomic E-state index is 0.0163. The summed E-state index contributed by atoms with van der Waals surface area (Å²) in [6.45, 7) is 5.51. The lowest BCUT2D eigenvalue weighted by molar-refractivity contribution is -0.140. The molecule has 0 spiro atoms. The van der Waals surface area contributed by atoms with E-state index in [9.17, 15) is 18.0 Å². The van der Waals surface area contributed by atoms with E-state index in [0.29, 0.717) is 28.6 Å². The van der Waals surface area contributed by atoms with E-state index < -0.39 is 28.5 Å². The van der Waals surface area contributed by atoms with Crippen molar-refractivity contribution in [1.29, 1.82) is 0 Å². The number of nitrogens with zero attached hydrogens (tertiary/aromatic N) is 2.